The summed E-state index contributed by atoms with van der Waals surface area (Å²) in [5.74, 6) is -0.262. The SMILES string of the molecule is Cc1cc(Cl)nc(Cl)c1NC(=O)c1cncs1. The average molecular weight is 288 g/mol. The molecule has 0 spiro atoms. The summed E-state index contributed by atoms with van der Waals surface area (Å²) in [6.07, 6.45) is 1.49. The fourth-order valence-corrected chi connectivity index (χ4v) is 2.34. The molecule has 0 atom stereocenters. The quantitative estimate of drug-likeness (QED) is 0.862. The minimum absolute atomic E-state index is 0.174. The van der Waals surface area contributed by atoms with Crippen LogP contribution in [0.4, 0.5) is 5.69 Å². The lowest BCUT2D eigenvalue weighted by Crippen LogP contribution is -2.12. The van der Waals surface area contributed by atoms with E-state index in [1.807, 2.05) is 0 Å². The molecule has 0 aliphatic carbocycles. The molecule has 2 rings (SSSR count). The minimum atomic E-state index is -0.262. The van der Waals surface area contributed by atoms with Gasteiger partial charge in [-0.15, -0.1) is 11.3 Å². The van der Waals surface area contributed by atoms with Crippen molar-refractivity contribution in [3.63, 3.8) is 0 Å². The van der Waals surface area contributed by atoms with Crippen LogP contribution in [-0.4, -0.2) is 15.9 Å². The van der Waals surface area contributed by atoms with Crippen LogP contribution in [0.3, 0.4) is 0 Å². The molecule has 7 heteroatoms. The second-order valence-electron chi connectivity index (χ2n) is 3.25. The first-order valence-corrected chi connectivity index (χ1v) is 6.24. The first-order valence-electron chi connectivity index (χ1n) is 4.60. The van der Waals surface area contributed by atoms with E-state index in [0.717, 1.165) is 5.56 Å². The normalized spacial score (nSPS) is 10.3. The number of anilines is 1. The van der Waals surface area contributed by atoms with Crippen LogP contribution >= 0.6 is 34.5 Å². The van der Waals surface area contributed by atoms with Crippen molar-refractivity contribution in [2.45, 2.75) is 6.92 Å². The molecule has 17 heavy (non-hydrogen) atoms. The summed E-state index contributed by atoms with van der Waals surface area (Å²) in [5.41, 5.74) is 2.81. The highest BCUT2D eigenvalue weighted by Gasteiger charge is 2.13. The third-order valence-corrected chi connectivity index (χ3v) is 3.27. The van der Waals surface area contributed by atoms with Crippen LogP contribution in [0.5, 0.6) is 0 Å². The fraction of sp³-hybridized carbons (Fsp3) is 0.100. The Hall–Kier alpha value is -1.17. The predicted molar refractivity (Wildman–Crippen MR) is 69.1 cm³/mol. The Morgan fingerprint density at radius 3 is 2.82 bits per heavy atom. The number of aryl methyl sites for hydroxylation is 1. The van der Waals surface area contributed by atoms with Gasteiger partial charge in [0.15, 0.2) is 5.15 Å². The molecule has 88 valence electrons. The van der Waals surface area contributed by atoms with Crippen LogP contribution < -0.4 is 5.32 Å². The predicted octanol–water partition coefficient (Wildman–Crippen LogP) is 3.41. The summed E-state index contributed by atoms with van der Waals surface area (Å²) in [7, 11) is 0. The van der Waals surface area contributed by atoms with E-state index in [2.05, 4.69) is 15.3 Å². The second-order valence-corrected chi connectivity index (χ2v) is 4.88. The number of amides is 1. The number of carbonyl (C=O) groups is 1. The molecule has 0 radical (unpaired) electrons. The molecule has 0 bridgehead atoms. The van der Waals surface area contributed by atoms with Gasteiger partial charge in [0.05, 0.1) is 17.4 Å². The summed E-state index contributed by atoms with van der Waals surface area (Å²) < 4.78 is 0. The first kappa shape index (κ1) is 12.3. The topological polar surface area (TPSA) is 54.9 Å². The molecule has 0 fully saturated rings. The van der Waals surface area contributed by atoms with E-state index in [1.54, 1.807) is 18.5 Å². The molecule has 0 aliphatic rings. The molecule has 0 aliphatic heterocycles. The highest BCUT2D eigenvalue weighted by Crippen LogP contribution is 2.27. The largest absolute Gasteiger partial charge is 0.318 e. The van der Waals surface area contributed by atoms with Crippen molar-refractivity contribution in [1.82, 2.24) is 9.97 Å². The number of thiazole rings is 1. The van der Waals surface area contributed by atoms with Crippen molar-refractivity contribution in [1.29, 1.82) is 0 Å². The Morgan fingerprint density at radius 2 is 2.24 bits per heavy atom. The van der Waals surface area contributed by atoms with Crippen LogP contribution in [0, 0.1) is 6.92 Å². The Morgan fingerprint density at radius 1 is 1.47 bits per heavy atom. The molecule has 2 heterocycles. The number of hydrogen-bond acceptors (Lipinski definition) is 4. The van der Waals surface area contributed by atoms with Crippen molar-refractivity contribution in [2.24, 2.45) is 0 Å². The van der Waals surface area contributed by atoms with Gasteiger partial charge in [-0.25, -0.2) is 4.98 Å². The van der Waals surface area contributed by atoms with Crippen LogP contribution in [0.2, 0.25) is 10.3 Å². The average Bonchev–Trinajstić information content (AvgIpc) is 2.76. The molecule has 0 unspecified atom stereocenters. The molecule has 2 aromatic heterocycles. The molecule has 4 nitrogen and oxygen atoms in total. The van der Waals surface area contributed by atoms with Crippen molar-refractivity contribution in [3.05, 3.63) is 38.5 Å². The molecular formula is C10H7Cl2N3OS. The van der Waals surface area contributed by atoms with E-state index in [1.165, 1.54) is 17.5 Å². The van der Waals surface area contributed by atoms with Crippen LogP contribution in [0.15, 0.2) is 17.8 Å². The number of halogens is 2. The lowest BCUT2D eigenvalue weighted by Gasteiger charge is -2.08. The van der Waals surface area contributed by atoms with Crippen LogP contribution in [-0.2, 0) is 0 Å². The highest BCUT2D eigenvalue weighted by atomic mass is 35.5. The molecule has 1 amide bonds. The zero-order chi connectivity index (χ0) is 12.4. The highest BCUT2D eigenvalue weighted by molar-refractivity contribution is 7.11. The third-order valence-electron chi connectivity index (χ3n) is 2.04. The first-order chi connectivity index (χ1) is 8.08. The van der Waals surface area contributed by atoms with E-state index in [-0.39, 0.29) is 11.1 Å². The number of rotatable bonds is 2. The lowest BCUT2D eigenvalue weighted by atomic mass is 10.2. The maximum atomic E-state index is 11.8. The summed E-state index contributed by atoms with van der Waals surface area (Å²) >= 11 is 12.9. The third kappa shape index (κ3) is 2.74. The van der Waals surface area contributed by atoms with Gasteiger partial charge in [-0.2, -0.15) is 0 Å². The molecule has 0 saturated heterocycles. The van der Waals surface area contributed by atoms with Crippen molar-refractivity contribution < 1.29 is 4.79 Å². The van der Waals surface area contributed by atoms with Gasteiger partial charge in [0, 0.05) is 0 Å². The van der Waals surface area contributed by atoms with Gasteiger partial charge in [0.2, 0.25) is 0 Å². The molecule has 2 aromatic rings. The fourth-order valence-electron chi connectivity index (χ4n) is 1.25. The van der Waals surface area contributed by atoms with E-state index in [0.29, 0.717) is 15.7 Å². The number of hydrogen-bond donors (Lipinski definition) is 1. The Balaban J connectivity index is 2.28. The summed E-state index contributed by atoms with van der Waals surface area (Å²) in [6, 6.07) is 1.63. The van der Waals surface area contributed by atoms with Gasteiger partial charge in [0.25, 0.3) is 5.91 Å². The van der Waals surface area contributed by atoms with E-state index < -0.39 is 0 Å². The Kier molecular flexibility index (Phi) is 3.61. The van der Waals surface area contributed by atoms with E-state index in [9.17, 15) is 4.79 Å². The van der Waals surface area contributed by atoms with Crippen LogP contribution in [0.25, 0.3) is 0 Å². The minimum Gasteiger partial charge on any atom is -0.318 e. The van der Waals surface area contributed by atoms with Gasteiger partial charge >= 0.3 is 0 Å². The number of nitrogens with one attached hydrogen (secondary N) is 1. The maximum Gasteiger partial charge on any atom is 0.267 e. The Bertz CT molecular complexity index is 534. The van der Waals surface area contributed by atoms with Crippen molar-refractivity contribution in [3.8, 4) is 0 Å². The van der Waals surface area contributed by atoms with Crippen molar-refractivity contribution >= 4 is 46.1 Å². The van der Waals surface area contributed by atoms with E-state index in [4.69, 9.17) is 23.2 Å². The molecular weight excluding hydrogens is 281 g/mol. The van der Waals surface area contributed by atoms with Gasteiger partial charge in [-0.3, -0.25) is 9.78 Å². The zero-order valence-corrected chi connectivity index (χ0v) is 11.0. The molecule has 0 saturated carbocycles. The second kappa shape index (κ2) is 5.00. The van der Waals surface area contributed by atoms with Gasteiger partial charge < -0.3 is 5.32 Å². The summed E-state index contributed by atoms with van der Waals surface area (Å²) in [5, 5.41) is 3.16. The van der Waals surface area contributed by atoms with E-state index >= 15 is 0 Å². The lowest BCUT2D eigenvalue weighted by molar-refractivity contribution is 0.103. The molecule has 0 aromatic carbocycles. The van der Waals surface area contributed by atoms with Gasteiger partial charge in [-0.05, 0) is 18.6 Å². The Labute approximate surface area is 112 Å². The summed E-state index contributed by atoms with van der Waals surface area (Å²) in [6.45, 7) is 1.79. The smallest absolute Gasteiger partial charge is 0.267 e. The zero-order valence-electron chi connectivity index (χ0n) is 8.70. The number of nitrogens with zero attached hydrogens (tertiary/aromatic N) is 2. The standard InChI is InChI=1S/C10H7Cl2N3OS/c1-5-2-7(11)14-9(12)8(5)15-10(16)6-3-13-4-17-6/h2-4H,1H3,(H,15,16). The number of aromatic nitrogens is 2. The van der Waals surface area contributed by atoms with Crippen molar-refractivity contribution in [2.75, 3.05) is 5.32 Å². The van der Waals surface area contributed by atoms with Crippen LogP contribution in [0.1, 0.15) is 15.2 Å². The van der Waals surface area contributed by atoms with Gasteiger partial charge in [-0.1, -0.05) is 23.2 Å². The maximum absolute atomic E-state index is 11.8. The number of pyridine rings is 1. The number of carbonyl (C=O) groups excluding carboxylic acids is 1. The van der Waals surface area contributed by atoms with Gasteiger partial charge in [0.1, 0.15) is 10.0 Å². The monoisotopic (exact) mass is 287 g/mol. The molecule has 1 N–H and O–H groups in total. The summed E-state index contributed by atoms with van der Waals surface area (Å²) in [4.78, 5) is 20.0.